The summed E-state index contributed by atoms with van der Waals surface area (Å²) < 4.78 is 5.35. The molecule has 2 amide bonds. The fourth-order valence-electron chi connectivity index (χ4n) is 4.17. The van der Waals surface area contributed by atoms with E-state index in [1.54, 1.807) is 33.2 Å². The van der Waals surface area contributed by atoms with Crippen molar-refractivity contribution in [3.8, 4) is 0 Å². The molecule has 2 aromatic heterocycles. The summed E-state index contributed by atoms with van der Waals surface area (Å²) in [7, 11) is 0. The van der Waals surface area contributed by atoms with E-state index in [-0.39, 0.29) is 12.8 Å². The van der Waals surface area contributed by atoms with Gasteiger partial charge in [-0.1, -0.05) is 36.4 Å². The SMILES string of the molecule is CC(C)(C)OC(=O)N[C@H](Cc1c[nH]c2ccccc12)C(=O)N[C@H](Cc1c[nH]c2ccccc12)C(=O)O. The van der Waals surface area contributed by atoms with Crippen molar-refractivity contribution in [2.24, 2.45) is 0 Å². The molecule has 0 aliphatic rings. The van der Waals surface area contributed by atoms with Gasteiger partial charge in [0, 0.05) is 47.0 Å². The van der Waals surface area contributed by atoms with E-state index in [2.05, 4.69) is 20.6 Å². The Morgan fingerprint density at radius 1 is 0.833 bits per heavy atom. The molecule has 0 aliphatic heterocycles. The molecule has 0 radical (unpaired) electrons. The van der Waals surface area contributed by atoms with Crippen molar-refractivity contribution in [2.45, 2.75) is 51.3 Å². The minimum absolute atomic E-state index is 0.0807. The molecule has 0 spiro atoms. The van der Waals surface area contributed by atoms with Gasteiger partial charge in [0.15, 0.2) is 0 Å². The summed E-state index contributed by atoms with van der Waals surface area (Å²) in [6.07, 6.45) is 2.99. The molecule has 9 heteroatoms. The highest BCUT2D eigenvalue weighted by Gasteiger charge is 2.29. The Hall–Kier alpha value is -4.27. The number of aromatic amines is 2. The highest BCUT2D eigenvalue weighted by atomic mass is 16.6. The van der Waals surface area contributed by atoms with Gasteiger partial charge in [0.05, 0.1) is 0 Å². The Morgan fingerprint density at radius 3 is 1.83 bits per heavy atom. The van der Waals surface area contributed by atoms with E-state index in [1.807, 2.05) is 48.5 Å². The van der Waals surface area contributed by atoms with Gasteiger partial charge < -0.3 is 30.4 Å². The lowest BCUT2D eigenvalue weighted by Gasteiger charge is -2.24. The molecule has 2 aromatic carbocycles. The van der Waals surface area contributed by atoms with Crippen molar-refractivity contribution in [2.75, 3.05) is 0 Å². The molecule has 2 atom stereocenters. The lowest BCUT2D eigenvalue weighted by Crippen LogP contribution is -2.53. The van der Waals surface area contributed by atoms with Gasteiger partial charge in [-0.05, 0) is 44.0 Å². The van der Waals surface area contributed by atoms with Crippen LogP contribution in [0.25, 0.3) is 21.8 Å². The number of ether oxygens (including phenoxy) is 1. The predicted molar refractivity (Wildman–Crippen MR) is 137 cm³/mol. The second-order valence-electron chi connectivity index (χ2n) is 9.73. The second-order valence-corrected chi connectivity index (χ2v) is 9.73. The third kappa shape index (κ3) is 5.86. The summed E-state index contributed by atoms with van der Waals surface area (Å²) >= 11 is 0. The van der Waals surface area contributed by atoms with Crippen LogP contribution in [0, 0.1) is 0 Å². The number of H-pyrrole nitrogens is 2. The second kappa shape index (κ2) is 10.2. The maximum absolute atomic E-state index is 13.4. The number of nitrogens with one attached hydrogen (secondary N) is 4. The molecule has 0 bridgehead atoms. The monoisotopic (exact) mass is 490 g/mol. The van der Waals surface area contributed by atoms with Crippen LogP contribution in [0.2, 0.25) is 0 Å². The van der Waals surface area contributed by atoms with Crippen LogP contribution >= 0.6 is 0 Å². The Kier molecular flexibility index (Phi) is 7.00. The lowest BCUT2D eigenvalue weighted by atomic mass is 10.0. The maximum atomic E-state index is 13.4. The summed E-state index contributed by atoms with van der Waals surface area (Å²) in [5, 5.41) is 16.9. The number of carboxylic acid groups (broad SMARTS) is 1. The number of hydrogen-bond donors (Lipinski definition) is 5. The summed E-state index contributed by atoms with van der Waals surface area (Å²) in [6.45, 7) is 5.18. The number of hydrogen-bond acceptors (Lipinski definition) is 4. The fourth-order valence-corrected chi connectivity index (χ4v) is 4.17. The average Bonchev–Trinajstić information content (AvgIpc) is 3.41. The molecule has 4 aromatic rings. The molecule has 4 rings (SSSR count). The van der Waals surface area contributed by atoms with E-state index in [9.17, 15) is 19.5 Å². The lowest BCUT2D eigenvalue weighted by molar-refractivity contribution is -0.142. The van der Waals surface area contributed by atoms with Gasteiger partial charge >= 0.3 is 12.1 Å². The van der Waals surface area contributed by atoms with Crippen LogP contribution in [-0.4, -0.2) is 50.7 Å². The summed E-state index contributed by atoms with van der Waals surface area (Å²) in [5.41, 5.74) is 2.60. The van der Waals surface area contributed by atoms with Crippen LogP contribution in [0.1, 0.15) is 31.9 Å². The molecule has 36 heavy (non-hydrogen) atoms. The minimum Gasteiger partial charge on any atom is -0.480 e. The molecule has 5 N–H and O–H groups in total. The quantitative estimate of drug-likeness (QED) is 0.255. The molecule has 0 saturated heterocycles. The topological polar surface area (TPSA) is 136 Å². The minimum atomic E-state index is -1.19. The number of carbonyl (C=O) groups is 3. The van der Waals surface area contributed by atoms with Gasteiger partial charge in [0.1, 0.15) is 17.7 Å². The molecule has 188 valence electrons. The van der Waals surface area contributed by atoms with Gasteiger partial charge in [0.25, 0.3) is 0 Å². The number of para-hydroxylation sites is 2. The van der Waals surface area contributed by atoms with E-state index in [0.29, 0.717) is 0 Å². The van der Waals surface area contributed by atoms with Crippen LogP contribution in [0.5, 0.6) is 0 Å². The van der Waals surface area contributed by atoms with Gasteiger partial charge in [0.2, 0.25) is 5.91 Å². The molecular weight excluding hydrogens is 460 g/mol. The smallest absolute Gasteiger partial charge is 0.408 e. The normalized spacial score (nSPS) is 13.3. The number of benzene rings is 2. The van der Waals surface area contributed by atoms with Crippen molar-refractivity contribution >= 4 is 39.8 Å². The number of aliphatic carboxylic acids is 1. The number of alkyl carbamates (subject to hydrolysis) is 1. The molecule has 0 fully saturated rings. The van der Waals surface area contributed by atoms with Gasteiger partial charge in [-0.25, -0.2) is 9.59 Å². The average molecular weight is 491 g/mol. The molecule has 0 unspecified atom stereocenters. The Morgan fingerprint density at radius 2 is 1.33 bits per heavy atom. The summed E-state index contributed by atoms with van der Waals surface area (Å²) in [5.74, 6) is -1.78. The number of fused-ring (bicyclic) bond motifs is 2. The highest BCUT2D eigenvalue weighted by molar-refractivity contribution is 5.91. The number of carbonyl (C=O) groups excluding carboxylic acids is 2. The van der Waals surface area contributed by atoms with Crippen LogP contribution in [0.3, 0.4) is 0 Å². The van der Waals surface area contributed by atoms with Crippen molar-refractivity contribution in [1.29, 1.82) is 0 Å². The molecular formula is C27H30N4O5. The zero-order chi connectivity index (χ0) is 25.9. The third-order valence-electron chi connectivity index (χ3n) is 5.82. The highest BCUT2D eigenvalue weighted by Crippen LogP contribution is 2.21. The van der Waals surface area contributed by atoms with Crippen LogP contribution in [0.15, 0.2) is 60.9 Å². The zero-order valence-corrected chi connectivity index (χ0v) is 20.4. The number of carboxylic acids is 1. The van der Waals surface area contributed by atoms with E-state index in [1.165, 1.54) is 0 Å². The third-order valence-corrected chi connectivity index (χ3v) is 5.82. The van der Waals surface area contributed by atoms with E-state index >= 15 is 0 Å². The first-order valence-corrected chi connectivity index (χ1v) is 11.7. The largest absolute Gasteiger partial charge is 0.480 e. The van der Waals surface area contributed by atoms with Gasteiger partial charge in [-0.3, -0.25) is 4.79 Å². The zero-order valence-electron chi connectivity index (χ0n) is 20.4. The van der Waals surface area contributed by atoms with E-state index < -0.39 is 35.7 Å². The van der Waals surface area contributed by atoms with Crippen molar-refractivity contribution < 1.29 is 24.2 Å². The van der Waals surface area contributed by atoms with Gasteiger partial charge in [-0.2, -0.15) is 0 Å². The molecule has 0 aliphatic carbocycles. The van der Waals surface area contributed by atoms with Crippen molar-refractivity contribution in [1.82, 2.24) is 20.6 Å². The Labute approximate surface area is 208 Å². The van der Waals surface area contributed by atoms with Crippen LogP contribution < -0.4 is 10.6 Å². The van der Waals surface area contributed by atoms with Crippen molar-refractivity contribution in [3.63, 3.8) is 0 Å². The summed E-state index contributed by atoms with van der Waals surface area (Å²) in [4.78, 5) is 44.3. The fraction of sp³-hybridized carbons (Fsp3) is 0.296. The first-order chi connectivity index (χ1) is 17.1. The molecule has 2 heterocycles. The number of rotatable bonds is 8. The predicted octanol–water partition coefficient (Wildman–Crippen LogP) is 3.90. The first-order valence-electron chi connectivity index (χ1n) is 11.7. The number of aromatic nitrogens is 2. The first kappa shape index (κ1) is 24.8. The van der Waals surface area contributed by atoms with E-state index in [0.717, 1.165) is 32.9 Å². The summed E-state index contributed by atoms with van der Waals surface area (Å²) in [6, 6.07) is 12.9. The Bertz CT molecular complexity index is 1400. The van der Waals surface area contributed by atoms with Crippen molar-refractivity contribution in [3.05, 3.63) is 72.1 Å². The van der Waals surface area contributed by atoms with Crippen LogP contribution in [0.4, 0.5) is 4.79 Å². The standard InChI is InChI=1S/C27H30N4O5/c1-27(2,3)36-26(35)31-22(12-16-14-28-20-10-6-4-8-18(16)20)24(32)30-23(25(33)34)13-17-15-29-21-11-7-5-9-19(17)21/h4-11,14-15,22-23,28-29H,12-13H2,1-3H3,(H,30,32)(H,31,35)(H,33,34)/t22-,23-/m1/s1. The van der Waals surface area contributed by atoms with Crippen LogP contribution in [-0.2, 0) is 27.2 Å². The Balaban J connectivity index is 1.56. The van der Waals surface area contributed by atoms with Gasteiger partial charge in [-0.15, -0.1) is 0 Å². The molecule has 0 saturated carbocycles. The van der Waals surface area contributed by atoms with E-state index in [4.69, 9.17) is 4.74 Å². The maximum Gasteiger partial charge on any atom is 0.408 e. The molecule has 9 nitrogen and oxygen atoms in total. The number of amides is 2.